The maximum absolute atomic E-state index is 13.6. The van der Waals surface area contributed by atoms with Gasteiger partial charge in [-0.05, 0) is 221 Å². The quantitative estimate of drug-likeness (QED) is 0.0590. The van der Waals surface area contributed by atoms with Crippen molar-refractivity contribution in [1.82, 2.24) is 59.6 Å². The van der Waals surface area contributed by atoms with Crippen molar-refractivity contribution in [3.05, 3.63) is 208 Å². The van der Waals surface area contributed by atoms with Gasteiger partial charge in [0.15, 0.2) is 0 Å². The summed E-state index contributed by atoms with van der Waals surface area (Å²) in [6, 6.07) is 34.9. The minimum atomic E-state index is -1.46. The Morgan fingerprint density at radius 2 is 0.872 bits per heavy atom. The molecule has 125 heavy (non-hydrogen) atoms. The van der Waals surface area contributed by atoms with Crippen molar-refractivity contribution < 1.29 is 62.2 Å². The number of nitrogens with one attached hydrogen (secondary N) is 7. The van der Waals surface area contributed by atoms with Crippen LogP contribution in [0, 0.1) is 0 Å². The molecule has 3 saturated heterocycles. The van der Waals surface area contributed by atoms with Crippen LogP contribution in [0.25, 0.3) is 33.4 Å². The molecule has 2 aliphatic carbocycles. The SMILES string of the molecule is Brc1ccc2c(c1)CCCN2.C.C.C.C.CNC(=O)Nc1ccc2c(c1)CC[C@@]21OC(=O)N(CC(=O)N2CCCc3cc(-c4cnn(C)c4)ccc32)C1=O.CNC(=O)Nc1ccc2c(c1)CC[C@@]21OC(=O)N(CC(=O)O)C1=O.Cn1cc(-c2ccc3c(c2)CCCN3)cn1.Cn1cc(-c2ccc3c(c2)CCCN3)cn1.Cn1cc(B2OC(C)(C)C(C)(C)O2)cn1. The number of urea groups is 2. The smallest absolute Gasteiger partial charge is 0.480 e. The lowest BCUT2D eigenvalue weighted by molar-refractivity contribution is -0.144. The van der Waals surface area contributed by atoms with Crippen molar-refractivity contribution in [3.8, 4) is 33.4 Å². The zero-order valence-electron chi connectivity index (χ0n) is 69.5. The third-order valence-electron chi connectivity index (χ3n) is 23.2. The first-order valence-corrected chi connectivity index (χ1v) is 41.4. The maximum atomic E-state index is 13.6. The Morgan fingerprint density at radius 1 is 0.472 bits per heavy atom. The van der Waals surface area contributed by atoms with Crippen LogP contribution in [-0.2, 0) is 116 Å². The molecule has 0 radical (unpaired) electrons. The third kappa shape index (κ3) is 20.8. The zero-order valence-corrected chi connectivity index (χ0v) is 71.0. The highest BCUT2D eigenvalue weighted by molar-refractivity contribution is 9.10. The highest BCUT2D eigenvalue weighted by Gasteiger charge is 2.60. The van der Waals surface area contributed by atoms with Crippen molar-refractivity contribution in [2.24, 2.45) is 28.2 Å². The van der Waals surface area contributed by atoms with Gasteiger partial charge >= 0.3 is 37.3 Å². The number of amides is 9. The number of hydrogen-bond acceptors (Lipinski definition) is 19. The van der Waals surface area contributed by atoms with Gasteiger partial charge in [0.1, 0.15) is 13.1 Å². The molecule has 0 bridgehead atoms. The summed E-state index contributed by atoms with van der Waals surface area (Å²) in [6.45, 7) is 10.9. The molecule has 10 aromatic rings. The predicted octanol–water partition coefficient (Wildman–Crippen LogP) is 14.5. The fourth-order valence-corrected chi connectivity index (χ4v) is 16.7. The molecular weight excluding hydrogens is 1660 g/mol. The molecule has 4 aromatic heterocycles. The summed E-state index contributed by atoms with van der Waals surface area (Å²) >= 11 is 3.46. The number of benzene rings is 6. The number of anilines is 6. The van der Waals surface area contributed by atoms with Gasteiger partial charge in [-0.3, -0.25) is 37.9 Å². The average Bonchev–Trinajstić information content (AvgIpc) is 1.58. The van der Waals surface area contributed by atoms with E-state index < -0.39 is 54.3 Å². The molecule has 2 atom stereocenters. The van der Waals surface area contributed by atoms with E-state index in [1.54, 1.807) is 63.1 Å². The fourth-order valence-electron chi connectivity index (χ4n) is 16.2. The van der Waals surface area contributed by atoms with Gasteiger partial charge in [0, 0.05) is 184 Å². The number of carboxylic acid groups (broad SMARTS) is 1. The summed E-state index contributed by atoms with van der Waals surface area (Å²) in [7, 11) is 10.4. The second-order valence-electron chi connectivity index (χ2n) is 32.1. The minimum absolute atomic E-state index is 0. The van der Waals surface area contributed by atoms with E-state index in [2.05, 4.69) is 147 Å². The molecule has 662 valence electrons. The Kier molecular flexibility index (Phi) is 30.2. The van der Waals surface area contributed by atoms with E-state index in [4.69, 9.17) is 23.9 Å². The molecule has 6 aromatic carbocycles. The van der Waals surface area contributed by atoms with Crippen molar-refractivity contribution in [3.63, 3.8) is 0 Å². The van der Waals surface area contributed by atoms with Gasteiger partial charge < -0.3 is 66.0 Å². The Morgan fingerprint density at radius 3 is 1.29 bits per heavy atom. The number of imide groups is 2. The largest absolute Gasteiger partial charge is 0.498 e. The van der Waals surface area contributed by atoms with Crippen LogP contribution in [0.15, 0.2) is 163 Å². The fraction of sp³-hybridized carbons (Fsp3) is 0.391. The van der Waals surface area contributed by atoms with Crippen molar-refractivity contribution in [2.75, 3.05) is 84.8 Å². The summed E-state index contributed by atoms with van der Waals surface area (Å²) in [5.41, 5.74) is 18.2. The third-order valence-corrected chi connectivity index (χ3v) is 23.7. The predicted molar refractivity (Wildman–Crippen MR) is 490 cm³/mol. The van der Waals surface area contributed by atoms with Crippen LogP contribution in [0.2, 0.25) is 0 Å². The van der Waals surface area contributed by atoms with E-state index in [1.807, 2.05) is 102 Å². The van der Waals surface area contributed by atoms with E-state index in [9.17, 15) is 38.4 Å². The molecule has 7 aliphatic heterocycles. The first kappa shape index (κ1) is 94.6. The average molecular weight is 1770 g/mol. The molecule has 2 spiro atoms. The number of rotatable bonds is 10. The highest BCUT2D eigenvalue weighted by atomic mass is 79.9. The van der Waals surface area contributed by atoms with Gasteiger partial charge in [0.25, 0.3) is 11.8 Å². The van der Waals surface area contributed by atoms with Crippen LogP contribution in [0.4, 0.5) is 53.3 Å². The van der Waals surface area contributed by atoms with Gasteiger partial charge in [0.05, 0.1) is 29.8 Å². The summed E-state index contributed by atoms with van der Waals surface area (Å²) in [6.07, 6.45) is 24.0. The monoisotopic (exact) mass is 1770 g/mol. The van der Waals surface area contributed by atoms with Crippen LogP contribution in [-0.4, -0.2) is 174 Å². The Hall–Kier alpha value is -12.6. The molecule has 0 saturated carbocycles. The number of hydrogen-bond donors (Lipinski definition) is 8. The molecule has 3 fully saturated rings. The summed E-state index contributed by atoms with van der Waals surface area (Å²) in [5.74, 6) is -2.83. The Labute approximate surface area is 739 Å². The van der Waals surface area contributed by atoms with Crippen LogP contribution < -0.4 is 47.6 Å². The van der Waals surface area contributed by atoms with Crippen molar-refractivity contribution in [2.45, 2.75) is 157 Å². The number of carbonyl (C=O) groups is 8. The second kappa shape index (κ2) is 39.9. The number of halogens is 1. The molecule has 33 heteroatoms. The lowest BCUT2D eigenvalue weighted by atomic mass is 9.82. The number of aliphatic carboxylic acids is 1. The first-order valence-electron chi connectivity index (χ1n) is 40.6. The number of aryl methyl sites for hydroxylation is 10. The molecule has 11 heterocycles. The molecule has 0 unspecified atom stereocenters. The Balaban J connectivity index is 0.000000164. The van der Waals surface area contributed by atoms with E-state index in [0.29, 0.717) is 46.8 Å². The van der Waals surface area contributed by atoms with Gasteiger partial charge in [-0.15, -0.1) is 0 Å². The van der Waals surface area contributed by atoms with Crippen LogP contribution in [0.1, 0.15) is 140 Å². The molecule has 19 rings (SSSR count). The van der Waals surface area contributed by atoms with Crippen LogP contribution >= 0.6 is 15.9 Å². The first-order chi connectivity index (χ1) is 58.0. The normalized spacial score (nSPS) is 18.1. The summed E-state index contributed by atoms with van der Waals surface area (Å²) < 4.78 is 31.1. The number of fused-ring (bicyclic) bond motifs is 8. The van der Waals surface area contributed by atoms with E-state index in [0.717, 1.165) is 76.3 Å². The maximum Gasteiger partial charge on any atom is 0.498 e. The number of carbonyl (C=O) groups excluding carboxylic acids is 7. The van der Waals surface area contributed by atoms with Gasteiger partial charge in [-0.25, -0.2) is 29.0 Å². The van der Waals surface area contributed by atoms with Crippen molar-refractivity contribution in [1.29, 1.82) is 0 Å². The number of carboxylic acids is 1. The van der Waals surface area contributed by atoms with Crippen molar-refractivity contribution >= 4 is 111 Å². The van der Waals surface area contributed by atoms with Gasteiger partial charge in [0.2, 0.25) is 17.1 Å². The summed E-state index contributed by atoms with van der Waals surface area (Å²) in [5, 5.41) is 46.1. The lowest BCUT2D eigenvalue weighted by Crippen LogP contribution is -2.46. The standard InChI is InChI=1S/C28H28N6O5.C15H15N3O6.2C13H15N3.C10H17BN2O2.C9H10BrN.4CH4/c1-29-26(37)31-21-6-7-22-18(13-21)9-10-28(22)25(36)34(27(38)39-28)16-24(35)33-11-3-4-19-12-17(5-8-23(19)33)20-14-30-32(2)15-20;1-16-13(22)17-9-2-3-10-8(6-9)4-5-15(10)12(21)18(7-11(19)20)14(23)24-15;2*1-16-9-12(8-15-16)10-4-5-13-11(7-10)3-2-6-14-13;1-9(2)10(3,4)15-11(14-9)8-6-12-13(5)7-8;10-8-3-4-9-7(6-8)2-1-5-11-9;;;;/h5-8,12-15H,3-4,9-11,16H2,1-2H3,(H2,29,31,37);2-3,6H,4-5,7H2,1H3,(H,19,20)(H2,16,17,22);2*4-5,7-9,14H,2-3,6H2,1H3;6-7H,1-5H3;3-4,6,11H,1-2,5H2;4*1H4/t28-;15-;;;;;;;;/m11......../s1. The molecule has 8 N–H and O–H groups in total. The molecule has 31 nitrogen and oxygen atoms in total. The molecule has 9 aliphatic rings. The second-order valence-corrected chi connectivity index (χ2v) is 33.0. The zero-order chi connectivity index (χ0) is 85.7. The summed E-state index contributed by atoms with van der Waals surface area (Å²) in [4.78, 5) is 101. The van der Waals surface area contributed by atoms with E-state index in [-0.39, 0.29) is 78.8 Å². The van der Waals surface area contributed by atoms with E-state index >= 15 is 0 Å². The Bertz CT molecular complexity index is 5510. The number of nitrogens with zero attached hydrogens (tertiary/aromatic N) is 11. The topological polar surface area (TPSA) is 359 Å². The minimum Gasteiger partial charge on any atom is -0.480 e. The van der Waals surface area contributed by atoms with Crippen LogP contribution in [0.3, 0.4) is 0 Å². The van der Waals surface area contributed by atoms with Gasteiger partial charge in [-0.2, -0.15) is 20.4 Å². The molecular formula is C92H116BBrN18O13. The molecule has 9 amide bonds. The van der Waals surface area contributed by atoms with Crippen LogP contribution in [0.5, 0.6) is 0 Å². The number of ether oxygens (including phenoxy) is 2. The highest BCUT2D eigenvalue weighted by Crippen LogP contribution is 2.48. The number of aromatic nitrogens is 8. The van der Waals surface area contributed by atoms with Gasteiger partial charge in [-0.1, -0.05) is 76.0 Å². The van der Waals surface area contributed by atoms with E-state index in [1.165, 1.54) is 113 Å². The lowest BCUT2D eigenvalue weighted by Gasteiger charge is -2.32.